The molecule has 0 unspecified atom stereocenters. The van der Waals surface area contributed by atoms with Gasteiger partial charge in [0.05, 0.1) is 23.9 Å². The van der Waals surface area contributed by atoms with Gasteiger partial charge < -0.3 is 14.6 Å². The summed E-state index contributed by atoms with van der Waals surface area (Å²) in [4.78, 5) is 22.8. The minimum Gasteiger partial charge on any atom is -0.497 e. The summed E-state index contributed by atoms with van der Waals surface area (Å²) in [6, 6.07) is 12.4. The van der Waals surface area contributed by atoms with Crippen molar-refractivity contribution in [3.8, 4) is 5.75 Å². The highest BCUT2D eigenvalue weighted by Crippen LogP contribution is 2.30. The number of fused-ring (bicyclic) bond motifs is 2. The van der Waals surface area contributed by atoms with Crippen LogP contribution >= 0.6 is 0 Å². The van der Waals surface area contributed by atoms with Crippen molar-refractivity contribution in [1.82, 2.24) is 14.9 Å². The summed E-state index contributed by atoms with van der Waals surface area (Å²) in [6.45, 7) is 3.02. The first-order valence-corrected chi connectivity index (χ1v) is 10.2. The van der Waals surface area contributed by atoms with E-state index < -0.39 is 0 Å². The number of pyridine rings is 1. The number of carbonyl (C=O) groups excluding carboxylic acids is 1. The molecule has 1 aliphatic heterocycles. The first kappa shape index (κ1) is 19.3. The number of benzene rings is 2. The molecule has 6 heteroatoms. The van der Waals surface area contributed by atoms with Crippen LogP contribution in [0.4, 0.5) is 4.39 Å². The highest BCUT2D eigenvalue weighted by Gasteiger charge is 2.22. The van der Waals surface area contributed by atoms with Gasteiger partial charge in [0.15, 0.2) is 0 Å². The predicted molar refractivity (Wildman–Crippen MR) is 120 cm³/mol. The number of halogens is 1. The molecule has 1 amide bonds. The number of nitrogens with zero attached hydrogens (tertiary/aromatic N) is 2. The zero-order valence-electron chi connectivity index (χ0n) is 17.4. The van der Waals surface area contributed by atoms with Gasteiger partial charge in [-0.2, -0.15) is 0 Å². The maximum Gasteiger partial charge on any atom is 0.256 e. The lowest BCUT2D eigenvalue weighted by Crippen LogP contribution is -2.35. The number of hydrogen-bond acceptors (Lipinski definition) is 3. The average Bonchev–Trinajstić information content (AvgIpc) is 3.20. The van der Waals surface area contributed by atoms with E-state index in [9.17, 15) is 9.18 Å². The molecule has 156 valence electrons. The second-order valence-electron chi connectivity index (χ2n) is 7.80. The monoisotopic (exact) mass is 415 g/mol. The molecule has 0 saturated carbocycles. The third-order valence-electron chi connectivity index (χ3n) is 5.93. The quantitative estimate of drug-likeness (QED) is 0.506. The van der Waals surface area contributed by atoms with Crippen molar-refractivity contribution in [3.63, 3.8) is 0 Å². The Morgan fingerprint density at radius 2 is 2.06 bits per heavy atom. The number of aryl methyl sites for hydroxylation is 1. The second-order valence-corrected chi connectivity index (χ2v) is 7.80. The topological polar surface area (TPSA) is 58.2 Å². The van der Waals surface area contributed by atoms with Gasteiger partial charge in [0.2, 0.25) is 0 Å². The van der Waals surface area contributed by atoms with Gasteiger partial charge >= 0.3 is 0 Å². The van der Waals surface area contributed by atoms with Gasteiger partial charge in [0, 0.05) is 47.2 Å². The van der Waals surface area contributed by atoms with Crippen molar-refractivity contribution in [2.45, 2.75) is 13.3 Å². The molecule has 0 saturated heterocycles. The van der Waals surface area contributed by atoms with Crippen LogP contribution in [0.5, 0.6) is 5.75 Å². The van der Waals surface area contributed by atoms with E-state index in [2.05, 4.69) is 16.0 Å². The smallest absolute Gasteiger partial charge is 0.256 e. The van der Waals surface area contributed by atoms with Crippen molar-refractivity contribution in [2.24, 2.45) is 0 Å². The number of aromatic nitrogens is 2. The molecule has 31 heavy (non-hydrogen) atoms. The molecule has 0 aliphatic carbocycles. The Hall–Kier alpha value is -3.67. The fourth-order valence-electron chi connectivity index (χ4n) is 4.22. The van der Waals surface area contributed by atoms with Crippen LogP contribution in [-0.4, -0.2) is 41.0 Å². The molecule has 4 aromatic rings. The van der Waals surface area contributed by atoms with Gasteiger partial charge in [-0.05, 0) is 55.3 Å². The molecular weight excluding hydrogens is 393 g/mol. The standard InChI is InChI=1S/C25H22FN3O2/c1-15-21(11-17-3-5-19(31-2)13-23(17)28-15)25(30)29-9-7-16(8-10-29)22-14-27-24-12-18(26)4-6-20(22)24/h3-7,11-14,27H,8-10H2,1-2H3. The molecular formula is C25H22FN3O2. The third kappa shape index (κ3) is 3.44. The van der Waals surface area contributed by atoms with Gasteiger partial charge in [-0.25, -0.2) is 4.39 Å². The summed E-state index contributed by atoms with van der Waals surface area (Å²) in [5.74, 6) is 0.472. The van der Waals surface area contributed by atoms with Crippen LogP contribution in [-0.2, 0) is 0 Å². The maximum atomic E-state index is 13.5. The fraction of sp³-hybridized carbons (Fsp3) is 0.200. The summed E-state index contributed by atoms with van der Waals surface area (Å²) >= 11 is 0. The molecule has 2 aromatic carbocycles. The molecule has 5 rings (SSSR count). The molecule has 0 atom stereocenters. The van der Waals surface area contributed by atoms with Gasteiger partial charge in [-0.3, -0.25) is 9.78 Å². The number of carbonyl (C=O) groups is 1. The molecule has 2 aromatic heterocycles. The number of hydrogen-bond donors (Lipinski definition) is 1. The normalized spacial score (nSPS) is 14.2. The van der Waals surface area contributed by atoms with Gasteiger partial charge in [-0.1, -0.05) is 6.08 Å². The largest absolute Gasteiger partial charge is 0.497 e. The van der Waals surface area contributed by atoms with E-state index in [1.165, 1.54) is 17.7 Å². The van der Waals surface area contributed by atoms with E-state index in [0.29, 0.717) is 24.3 Å². The SMILES string of the molecule is COc1ccc2cc(C(=O)N3CC=C(c4c[nH]c5cc(F)ccc45)CC3)c(C)nc2c1. The van der Waals surface area contributed by atoms with Crippen LogP contribution in [0.2, 0.25) is 0 Å². The lowest BCUT2D eigenvalue weighted by molar-refractivity contribution is 0.0772. The van der Waals surface area contributed by atoms with E-state index in [-0.39, 0.29) is 11.7 Å². The molecule has 0 bridgehead atoms. The third-order valence-corrected chi connectivity index (χ3v) is 5.93. The Morgan fingerprint density at radius 3 is 2.84 bits per heavy atom. The number of rotatable bonds is 3. The van der Waals surface area contributed by atoms with E-state index in [4.69, 9.17) is 4.74 Å². The zero-order valence-corrected chi connectivity index (χ0v) is 17.4. The molecule has 1 N–H and O–H groups in total. The number of H-pyrrole nitrogens is 1. The zero-order chi connectivity index (χ0) is 21.5. The minimum atomic E-state index is -0.256. The number of nitrogens with one attached hydrogen (secondary N) is 1. The van der Waals surface area contributed by atoms with E-state index in [1.54, 1.807) is 13.2 Å². The lowest BCUT2D eigenvalue weighted by atomic mass is 9.98. The number of amides is 1. The van der Waals surface area contributed by atoms with Crippen LogP contribution in [0, 0.1) is 12.7 Å². The summed E-state index contributed by atoms with van der Waals surface area (Å²) < 4.78 is 18.7. The van der Waals surface area contributed by atoms with Crippen LogP contribution in [0.15, 0.2) is 54.7 Å². The molecule has 0 radical (unpaired) electrons. The van der Waals surface area contributed by atoms with Crippen LogP contribution in [0.25, 0.3) is 27.4 Å². The van der Waals surface area contributed by atoms with Crippen LogP contribution in [0.1, 0.15) is 28.0 Å². The second kappa shape index (κ2) is 7.54. The van der Waals surface area contributed by atoms with Crippen molar-refractivity contribution in [2.75, 3.05) is 20.2 Å². The maximum absolute atomic E-state index is 13.5. The van der Waals surface area contributed by atoms with E-state index >= 15 is 0 Å². The summed E-state index contributed by atoms with van der Waals surface area (Å²) in [5, 5.41) is 1.91. The van der Waals surface area contributed by atoms with Crippen molar-refractivity contribution >= 4 is 33.3 Å². The average molecular weight is 415 g/mol. The first-order chi connectivity index (χ1) is 15.0. The number of aromatic amines is 1. The molecule has 0 spiro atoms. The van der Waals surface area contributed by atoms with E-state index in [0.717, 1.165) is 39.5 Å². The van der Waals surface area contributed by atoms with E-state index in [1.807, 2.05) is 42.3 Å². The Kier molecular flexibility index (Phi) is 4.70. The van der Waals surface area contributed by atoms with Gasteiger partial charge in [0.25, 0.3) is 5.91 Å². The summed E-state index contributed by atoms with van der Waals surface area (Å²) in [7, 11) is 1.62. The lowest BCUT2D eigenvalue weighted by Gasteiger charge is -2.27. The minimum absolute atomic E-state index is 0.0148. The van der Waals surface area contributed by atoms with Crippen molar-refractivity contribution < 1.29 is 13.9 Å². The van der Waals surface area contributed by atoms with Crippen LogP contribution in [0.3, 0.4) is 0 Å². The molecule has 0 fully saturated rings. The Morgan fingerprint density at radius 1 is 1.19 bits per heavy atom. The highest BCUT2D eigenvalue weighted by atomic mass is 19.1. The highest BCUT2D eigenvalue weighted by molar-refractivity contribution is 5.99. The predicted octanol–water partition coefficient (Wildman–Crippen LogP) is 5.10. The summed E-state index contributed by atoms with van der Waals surface area (Å²) in [5.41, 5.74) is 5.16. The Labute approximate surface area is 179 Å². The van der Waals surface area contributed by atoms with Crippen molar-refractivity contribution in [3.05, 3.63) is 77.4 Å². The molecule has 1 aliphatic rings. The Bertz CT molecular complexity index is 1360. The number of ether oxygens (including phenoxy) is 1. The Balaban J connectivity index is 1.40. The first-order valence-electron chi connectivity index (χ1n) is 10.2. The molecule has 3 heterocycles. The van der Waals surface area contributed by atoms with Gasteiger partial charge in [-0.15, -0.1) is 0 Å². The van der Waals surface area contributed by atoms with Crippen molar-refractivity contribution in [1.29, 1.82) is 0 Å². The van der Waals surface area contributed by atoms with Gasteiger partial charge in [0.1, 0.15) is 11.6 Å². The number of methoxy groups -OCH3 is 1. The fourth-order valence-corrected chi connectivity index (χ4v) is 4.22. The summed E-state index contributed by atoms with van der Waals surface area (Å²) in [6.07, 6.45) is 4.74. The molecule has 5 nitrogen and oxygen atoms in total. The van der Waals surface area contributed by atoms with Crippen LogP contribution < -0.4 is 4.74 Å².